The van der Waals surface area contributed by atoms with Crippen LogP contribution < -0.4 is 10.6 Å². The molecule has 0 spiro atoms. The van der Waals surface area contributed by atoms with Crippen LogP contribution in [0.15, 0.2) is 35.3 Å². The third-order valence-corrected chi connectivity index (χ3v) is 5.10. The van der Waals surface area contributed by atoms with Gasteiger partial charge in [0.15, 0.2) is 5.96 Å². The topological polar surface area (TPSA) is 48.9 Å². The van der Waals surface area contributed by atoms with Gasteiger partial charge in [-0.25, -0.2) is 0 Å². The number of piperidine rings is 1. The number of nitrogens with zero attached hydrogens (tertiary/aromatic N) is 2. The second kappa shape index (κ2) is 12.7. The van der Waals surface area contributed by atoms with Gasteiger partial charge in [-0.3, -0.25) is 9.89 Å². The maximum atomic E-state index is 5.39. The van der Waals surface area contributed by atoms with Crippen molar-refractivity contribution in [2.24, 2.45) is 4.99 Å². The number of hydrogen-bond donors (Lipinski definition) is 2. The Bertz CT molecular complexity index is 534. The third-order valence-electron chi connectivity index (χ3n) is 5.10. The third kappa shape index (κ3) is 8.31. The molecule has 5 heteroatoms. The molecular weight excluding hydrogens is 336 g/mol. The molecule has 1 heterocycles. The van der Waals surface area contributed by atoms with E-state index in [1.165, 1.54) is 5.56 Å². The molecule has 0 radical (unpaired) electrons. The summed E-state index contributed by atoms with van der Waals surface area (Å²) in [5.74, 6) is 0.961. The highest BCUT2D eigenvalue weighted by atomic mass is 16.5. The van der Waals surface area contributed by atoms with E-state index in [0.29, 0.717) is 12.1 Å². The molecule has 1 aromatic carbocycles. The van der Waals surface area contributed by atoms with Crippen molar-refractivity contribution in [2.45, 2.75) is 65.1 Å². The minimum absolute atomic E-state index is 0.494. The Morgan fingerprint density at radius 1 is 1.22 bits per heavy atom. The van der Waals surface area contributed by atoms with E-state index >= 15 is 0 Å². The Kier molecular flexibility index (Phi) is 10.2. The highest BCUT2D eigenvalue weighted by molar-refractivity contribution is 5.80. The van der Waals surface area contributed by atoms with Gasteiger partial charge in [-0.2, -0.15) is 0 Å². The van der Waals surface area contributed by atoms with Gasteiger partial charge >= 0.3 is 0 Å². The second-order valence-electron chi connectivity index (χ2n) is 7.34. The largest absolute Gasteiger partial charge is 0.382 e. The van der Waals surface area contributed by atoms with Crippen molar-refractivity contribution in [3.05, 3.63) is 35.9 Å². The molecule has 2 atom stereocenters. The van der Waals surface area contributed by atoms with Crippen molar-refractivity contribution in [1.82, 2.24) is 15.5 Å². The van der Waals surface area contributed by atoms with Crippen LogP contribution in [-0.4, -0.2) is 55.8 Å². The fourth-order valence-electron chi connectivity index (χ4n) is 3.57. The van der Waals surface area contributed by atoms with E-state index in [0.717, 1.165) is 71.0 Å². The van der Waals surface area contributed by atoms with E-state index in [1.807, 2.05) is 6.92 Å². The summed E-state index contributed by atoms with van der Waals surface area (Å²) >= 11 is 0. The van der Waals surface area contributed by atoms with Crippen molar-refractivity contribution in [3.8, 4) is 0 Å². The quantitative estimate of drug-likeness (QED) is 0.374. The van der Waals surface area contributed by atoms with Gasteiger partial charge in [-0.15, -0.1) is 0 Å². The number of unbranched alkanes of at least 4 members (excludes halogenated alkanes) is 1. The fourth-order valence-corrected chi connectivity index (χ4v) is 3.57. The molecule has 2 unspecified atom stereocenters. The first-order valence-electron chi connectivity index (χ1n) is 10.6. The van der Waals surface area contributed by atoms with Crippen molar-refractivity contribution >= 4 is 5.96 Å². The van der Waals surface area contributed by atoms with Crippen LogP contribution in [0, 0.1) is 0 Å². The number of nitrogens with one attached hydrogen (secondary N) is 2. The molecule has 0 bridgehead atoms. The van der Waals surface area contributed by atoms with Crippen LogP contribution >= 0.6 is 0 Å². The lowest BCUT2D eigenvalue weighted by Crippen LogP contribution is -2.51. The number of aliphatic imine (C=N–C) groups is 1. The minimum atomic E-state index is 0.494. The lowest BCUT2D eigenvalue weighted by Gasteiger charge is -2.38. The van der Waals surface area contributed by atoms with E-state index in [-0.39, 0.29) is 0 Å². The molecule has 1 aliphatic rings. The Labute approximate surface area is 165 Å². The molecule has 1 saturated heterocycles. The Morgan fingerprint density at radius 3 is 2.74 bits per heavy atom. The summed E-state index contributed by atoms with van der Waals surface area (Å²) in [5, 5.41) is 7.05. The molecule has 27 heavy (non-hydrogen) atoms. The minimum Gasteiger partial charge on any atom is -0.382 e. The molecule has 152 valence electrons. The Hall–Kier alpha value is -1.59. The number of hydrogen-bond acceptors (Lipinski definition) is 3. The second-order valence-corrected chi connectivity index (χ2v) is 7.34. The van der Waals surface area contributed by atoms with Crippen LogP contribution in [0.2, 0.25) is 0 Å². The summed E-state index contributed by atoms with van der Waals surface area (Å²) in [6.07, 6.45) is 4.46. The van der Waals surface area contributed by atoms with Gasteiger partial charge in [0.25, 0.3) is 0 Å². The normalized spacial score (nSPS) is 21.2. The van der Waals surface area contributed by atoms with Crippen LogP contribution in [0.4, 0.5) is 0 Å². The van der Waals surface area contributed by atoms with E-state index in [2.05, 4.69) is 59.7 Å². The van der Waals surface area contributed by atoms with Gasteiger partial charge in [0, 0.05) is 51.5 Å². The molecule has 0 aromatic heterocycles. The predicted molar refractivity (Wildman–Crippen MR) is 114 cm³/mol. The number of guanidine groups is 1. The molecule has 2 rings (SSSR count). The average Bonchev–Trinajstić information content (AvgIpc) is 2.67. The standard InChI is InChI=1S/C22H38N4O/c1-4-23-22(24-14-9-10-16-27-5-2)25-21-13-15-26(19(3)17-21)18-20-11-7-6-8-12-20/h6-8,11-12,19,21H,4-5,9-10,13-18H2,1-3H3,(H2,23,24,25). The molecule has 1 fully saturated rings. The zero-order valence-electron chi connectivity index (χ0n) is 17.4. The first-order chi connectivity index (χ1) is 13.2. The van der Waals surface area contributed by atoms with E-state index < -0.39 is 0 Å². The van der Waals surface area contributed by atoms with Crippen LogP contribution in [0.25, 0.3) is 0 Å². The number of benzene rings is 1. The molecule has 5 nitrogen and oxygen atoms in total. The van der Waals surface area contributed by atoms with Crippen molar-refractivity contribution < 1.29 is 4.74 Å². The zero-order valence-corrected chi connectivity index (χ0v) is 17.4. The molecular formula is C22H38N4O. The van der Waals surface area contributed by atoms with Gasteiger partial charge in [-0.05, 0) is 52.0 Å². The summed E-state index contributed by atoms with van der Waals surface area (Å²) in [6, 6.07) is 11.8. The summed E-state index contributed by atoms with van der Waals surface area (Å²) in [6.45, 7) is 12.1. The fraction of sp³-hybridized carbons (Fsp3) is 0.682. The zero-order chi connectivity index (χ0) is 19.3. The smallest absolute Gasteiger partial charge is 0.191 e. The Morgan fingerprint density at radius 2 is 2.04 bits per heavy atom. The molecule has 0 amide bonds. The van der Waals surface area contributed by atoms with Crippen molar-refractivity contribution in [2.75, 3.05) is 32.8 Å². The van der Waals surface area contributed by atoms with E-state index in [1.54, 1.807) is 0 Å². The maximum Gasteiger partial charge on any atom is 0.191 e. The molecule has 0 saturated carbocycles. The van der Waals surface area contributed by atoms with Crippen LogP contribution in [0.5, 0.6) is 0 Å². The monoisotopic (exact) mass is 374 g/mol. The Balaban J connectivity index is 1.76. The van der Waals surface area contributed by atoms with Gasteiger partial charge in [-0.1, -0.05) is 30.3 Å². The van der Waals surface area contributed by atoms with Crippen LogP contribution in [0.3, 0.4) is 0 Å². The number of rotatable bonds is 10. The molecule has 0 aliphatic carbocycles. The molecule has 2 N–H and O–H groups in total. The summed E-state index contributed by atoms with van der Waals surface area (Å²) in [7, 11) is 0. The van der Waals surface area contributed by atoms with E-state index in [4.69, 9.17) is 9.73 Å². The van der Waals surface area contributed by atoms with Gasteiger partial charge in [0.1, 0.15) is 0 Å². The highest BCUT2D eigenvalue weighted by Gasteiger charge is 2.25. The number of ether oxygens (including phenoxy) is 1. The first-order valence-corrected chi connectivity index (χ1v) is 10.6. The summed E-state index contributed by atoms with van der Waals surface area (Å²) in [5.41, 5.74) is 1.40. The lowest BCUT2D eigenvalue weighted by molar-refractivity contribution is 0.134. The van der Waals surface area contributed by atoms with E-state index in [9.17, 15) is 0 Å². The van der Waals surface area contributed by atoms with Crippen molar-refractivity contribution in [3.63, 3.8) is 0 Å². The van der Waals surface area contributed by atoms with Gasteiger partial charge in [0.2, 0.25) is 0 Å². The van der Waals surface area contributed by atoms with Crippen LogP contribution in [-0.2, 0) is 11.3 Å². The summed E-state index contributed by atoms with van der Waals surface area (Å²) < 4.78 is 5.39. The SMILES string of the molecule is CCNC(=NCCCCOCC)NC1CCN(Cc2ccccc2)C(C)C1. The average molecular weight is 375 g/mol. The highest BCUT2D eigenvalue weighted by Crippen LogP contribution is 2.19. The van der Waals surface area contributed by atoms with Gasteiger partial charge < -0.3 is 15.4 Å². The predicted octanol–water partition coefficient (Wildman–Crippen LogP) is 3.41. The van der Waals surface area contributed by atoms with Gasteiger partial charge in [0.05, 0.1) is 0 Å². The molecule has 1 aliphatic heterocycles. The lowest BCUT2D eigenvalue weighted by atomic mass is 9.97. The first kappa shape index (κ1) is 21.7. The molecule has 1 aromatic rings. The maximum absolute atomic E-state index is 5.39. The number of likely N-dealkylation sites (tertiary alicyclic amines) is 1. The summed E-state index contributed by atoms with van der Waals surface area (Å²) in [4.78, 5) is 7.33. The van der Waals surface area contributed by atoms with Crippen molar-refractivity contribution in [1.29, 1.82) is 0 Å². The van der Waals surface area contributed by atoms with Crippen LogP contribution in [0.1, 0.15) is 52.0 Å².